The van der Waals surface area contributed by atoms with Crippen molar-refractivity contribution in [3.8, 4) is 11.5 Å². The highest BCUT2D eigenvalue weighted by atomic mass is 32.2. The monoisotopic (exact) mass is 620 g/mol. The number of ether oxygens (including phenoxy) is 6. The van der Waals surface area contributed by atoms with Gasteiger partial charge in [0.25, 0.3) is 0 Å². The molecule has 3 rings (SSSR count). The van der Waals surface area contributed by atoms with E-state index in [2.05, 4.69) is 49.4 Å². The van der Waals surface area contributed by atoms with Gasteiger partial charge < -0.3 is 28.4 Å². The van der Waals surface area contributed by atoms with E-state index in [1.807, 2.05) is 23.5 Å². The van der Waals surface area contributed by atoms with Gasteiger partial charge in [-0.3, -0.25) is 0 Å². The molecule has 42 heavy (non-hydrogen) atoms. The lowest BCUT2D eigenvalue weighted by molar-refractivity contribution is 0.0508. The summed E-state index contributed by atoms with van der Waals surface area (Å²) in [6, 6.07) is 15.2. The highest BCUT2D eigenvalue weighted by molar-refractivity contribution is 7.99. The highest BCUT2D eigenvalue weighted by Crippen LogP contribution is 2.52. The van der Waals surface area contributed by atoms with Gasteiger partial charge in [-0.25, -0.2) is 0 Å². The number of hydrogen-bond donors (Lipinski definition) is 0. The van der Waals surface area contributed by atoms with Crippen LogP contribution in [0.5, 0.6) is 11.5 Å². The molecule has 6 nitrogen and oxygen atoms in total. The first-order valence-corrected chi connectivity index (χ1v) is 17.5. The maximum Gasteiger partial charge on any atom is 0.188 e. The summed E-state index contributed by atoms with van der Waals surface area (Å²) in [5.41, 5.74) is 2.85. The molecule has 0 aromatic heterocycles. The first-order chi connectivity index (χ1) is 20.6. The Morgan fingerprint density at radius 1 is 0.738 bits per heavy atom. The topological polar surface area (TPSA) is 55.4 Å². The van der Waals surface area contributed by atoms with Gasteiger partial charge in [0.15, 0.2) is 13.6 Å². The molecule has 2 aromatic carbocycles. The second-order valence-electron chi connectivity index (χ2n) is 11.1. The second-order valence-corrected chi connectivity index (χ2v) is 13.3. The van der Waals surface area contributed by atoms with Crippen LogP contribution in [-0.4, -0.2) is 72.0 Å². The molecule has 0 N–H and O–H groups in total. The van der Waals surface area contributed by atoms with Crippen molar-refractivity contribution in [3.63, 3.8) is 0 Å². The van der Waals surface area contributed by atoms with Crippen LogP contribution in [0.15, 0.2) is 47.4 Å². The SMILES string of the molecule is COCCOCCSCCCCCCCCCC1c2ccc(OCOC)cc2SCC1(C)c1ccc(OCOC)cc1. The van der Waals surface area contributed by atoms with E-state index in [-0.39, 0.29) is 19.0 Å². The van der Waals surface area contributed by atoms with E-state index >= 15 is 0 Å². The van der Waals surface area contributed by atoms with Crippen LogP contribution in [0.1, 0.15) is 75.3 Å². The summed E-state index contributed by atoms with van der Waals surface area (Å²) in [4.78, 5) is 1.34. The molecule has 0 saturated carbocycles. The number of benzene rings is 2. The van der Waals surface area contributed by atoms with Gasteiger partial charge in [0.2, 0.25) is 0 Å². The Morgan fingerprint density at radius 3 is 2.12 bits per heavy atom. The fourth-order valence-corrected chi connectivity index (χ4v) is 7.78. The minimum atomic E-state index is 0.0405. The third kappa shape index (κ3) is 11.6. The van der Waals surface area contributed by atoms with Crippen molar-refractivity contribution in [3.05, 3.63) is 53.6 Å². The minimum absolute atomic E-state index is 0.0405. The summed E-state index contributed by atoms with van der Waals surface area (Å²) in [7, 11) is 5.01. The predicted molar refractivity (Wildman–Crippen MR) is 176 cm³/mol. The second kappa shape index (κ2) is 20.5. The van der Waals surface area contributed by atoms with Crippen molar-refractivity contribution in [1.29, 1.82) is 0 Å². The number of unbranched alkanes of at least 4 members (excludes halogenated alkanes) is 6. The molecular formula is C34H52O6S2. The Kier molecular flexibility index (Phi) is 17.1. The summed E-state index contributed by atoms with van der Waals surface area (Å²) in [6.07, 6.45) is 10.4. The lowest BCUT2D eigenvalue weighted by Gasteiger charge is -2.43. The van der Waals surface area contributed by atoms with Crippen LogP contribution in [-0.2, 0) is 24.4 Å². The zero-order valence-electron chi connectivity index (χ0n) is 26.2. The molecule has 0 radical (unpaired) electrons. The third-order valence-electron chi connectivity index (χ3n) is 7.94. The predicted octanol–water partition coefficient (Wildman–Crippen LogP) is 8.32. The summed E-state index contributed by atoms with van der Waals surface area (Å²) in [5.74, 6) is 5.52. The number of rotatable bonds is 23. The Labute approximate surface area is 262 Å². The Bertz CT molecular complexity index is 988. The van der Waals surface area contributed by atoms with E-state index in [0.29, 0.717) is 19.1 Å². The van der Waals surface area contributed by atoms with E-state index in [1.54, 1.807) is 21.3 Å². The molecular weight excluding hydrogens is 569 g/mol. The van der Waals surface area contributed by atoms with E-state index in [1.165, 1.54) is 73.1 Å². The zero-order chi connectivity index (χ0) is 29.9. The molecule has 2 atom stereocenters. The first kappa shape index (κ1) is 35.1. The van der Waals surface area contributed by atoms with Gasteiger partial charge in [0.05, 0.1) is 19.8 Å². The molecule has 0 saturated heterocycles. The van der Waals surface area contributed by atoms with E-state index in [0.717, 1.165) is 29.6 Å². The highest BCUT2D eigenvalue weighted by Gasteiger charge is 2.41. The minimum Gasteiger partial charge on any atom is -0.468 e. The summed E-state index contributed by atoms with van der Waals surface area (Å²) >= 11 is 3.94. The average Bonchev–Trinajstić information content (AvgIpc) is 3.02. The largest absolute Gasteiger partial charge is 0.468 e. The van der Waals surface area contributed by atoms with Crippen LogP contribution in [0.25, 0.3) is 0 Å². The van der Waals surface area contributed by atoms with Gasteiger partial charge in [-0.1, -0.05) is 63.6 Å². The maximum absolute atomic E-state index is 5.76. The van der Waals surface area contributed by atoms with Crippen LogP contribution < -0.4 is 9.47 Å². The number of methoxy groups -OCH3 is 3. The van der Waals surface area contributed by atoms with Crippen molar-refractivity contribution in [1.82, 2.24) is 0 Å². The van der Waals surface area contributed by atoms with Crippen molar-refractivity contribution in [2.75, 3.05) is 72.0 Å². The standard InChI is InChI=1S/C34H52O6S2/c1-34(28-13-15-29(16-14-28)39-26-36-3)25-42-33-24-30(40-27-37-4)17-18-31(33)32(34)12-10-8-6-5-7-9-11-22-41-23-21-38-20-19-35-2/h13-18,24,32H,5-12,19-23,25-27H2,1-4H3. The van der Waals surface area contributed by atoms with Gasteiger partial charge in [-0.05, 0) is 59.9 Å². The fourth-order valence-electron chi connectivity index (χ4n) is 5.53. The third-order valence-corrected chi connectivity index (χ3v) is 10.4. The molecule has 236 valence electrons. The molecule has 1 aliphatic heterocycles. The molecule has 2 unspecified atom stereocenters. The Hall–Kier alpha value is -1.42. The Balaban J connectivity index is 1.49. The van der Waals surface area contributed by atoms with E-state index in [4.69, 9.17) is 28.4 Å². The molecule has 1 aliphatic rings. The molecule has 0 bridgehead atoms. The van der Waals surface area contributed by atoms with Crippen LogP contribution in [0.4, 0.5) is 0 Å². The molecule has 0 fully saturated rings. The lowest BCUT2D eigenvalue weighted by atomic mass is 9.68. The van der Waals surface area contributed by atoms with Crippen molar-refractivity contribution < 1.29 is 28.4 Å². The van der Waals surface area contributed by atoms with Crippen LogP contribution in [0, 0.1) is 0 Å². The zero-order valence-corrected chi connectivity index (χ0v) is 27.8. The fraction of sp³-hybridized carbons (Fsp3) is 0.647. The summed E-state index contributed by atoms with van der Waals surface area (Å²) in [5, 5.41) is 0. The normalized spacial score (nSPS) is 18.1. The summed E-state index contributed by atoms with van der Waals surface area (Å²) in [6.45, 7) is 5.18. The van der Waals surface area contributed by atoms with Crippen LogP contribution >= 0.6 is 23.5 Å². The molecule has 2 aromatic rings. The Morgan fingerprint density at radius 2 is 1.40 bits per heavy atom. The van der Waals surface area contributed by atoms with Gasteiger partial charge >= 0.3 is 0 Å². The molecule has 8 heteroatoms. The smallest absolute Gasteiger partial charge is 0.188 e. The van der Waals surface area contributed by atoms with Crippen LogP contribution in [0.3, 0.4) is 0 Å². The molecule has 0 aliphatic carbocycles. The molecule has 0 amide bonds. The number of fused-ring (bicyclic) bond motifs is 1. The van der Waals surface area contributed by atoms with Gasteiger partial charge in [-0.15, -0.1) is 11.8 Å². The van der Waals surface area contributed by atoms with Gasteiger partial charge in [-0.2, -0.15) is 11.8 Å². The van der Waals surface area contributed by atoms with E-state index < -0.39 is 0 Å². The number of hydrogen-bond acceptors (Lipinski definition) is 8. The van der Waals surface area contributed by atoms with Gasteiger partial charge in [0, 0.05) is 43.1 Å². The first-order valence-electron chi connectivity index (χ1n) is 15.4. The average molecular weight is 621 g/mol. The van der Waals surface area contributed by atoms with Crippen LogP contribution in [0.2, 0.25) is 0 Å². The molecule has 0 spiro atoms. The molecule has 1 heterocycles. The maximum atomic E-state index is 5.76. The summed E-state index contributed by atoms with van der Waals surface area (Å²) < 4.78 is 32.1. The van der Waals surface area contributed by atoms with Crippen molar-refractivity contribution in [2.24, 2.45) is 0 Å². The van der Waals surface area contributed by atoms with E-state index in [9.17, 15) is 0 Å². The van der Waals surface area contributed by atoms with Crippen molar-refractivity contribution in [2.45, 2.75) is 74.5 Å². The van der Waals surface area contributed by atoms with Gasteiger partial charge in [0.1, 0.15) is 11.5 Å². The number of thioether (sulfide) groups is 2. The quantitative estimate of drug-likeness (QED) is 0.0908. The van der Waals surface area contributed by atoms with Crippen molar-refractivity contribution >= 4 is 23.5 Å². The lowest BCUT2D eigenvalue weighted by Crippen LogP contribution is -2.36.